The minimum Gasteiger partial charge on any atom is -0.497 e. The SMILES string of the molecule is CC.COC(=O)CCc1cccc(OCc2ccc(-c3cc(OC)ccc3F)c(COC(C)(C)C)c2)c1. The van der Waals surface area contributed by atoms with E-state index in [1.165, 1.54) is 13.2 Å². The second-order valence-corrected chi connectivity index (χ2v) is 9.25. The van der Waals surface area contributed by atoms with Crippen molar-refractivity contribution in [3.63, 3.8) is 0 Å². The number of benzene rings is 3. The average molecular weight is 511 g/mol. The van der Waals surface area contributed by atoms with Crippen LogP contribution in [0.25, 0.3) is 11.1 Å². The number of ether oxygens (including phenoxy) is 4. The van der Waals surface area contributed by atoms with Crippen molar-refractivity contribution >= 4 is 5.97 Å². The molecule has 200 valence electrons. The van der Waals surface area contributed by atoms with Gasteiger partial charge in [-0.05, 0) is 85.8 Å². The number of carbonyl (C=O) groups is 1. The average Bonchev–Trinajstić information content (AvgIpc) is 2.90. The summed E-state index contributed by atoms with van der Waals surface area (Å²) >= 11 is 0. The molecule has 6 heteroatoms. The molecular formula is C31H39FO5. The van der Waals surface area contributed by atoms with Gasteiger partial charge in [-0.3, -0.25) is 4.79 Å². The molecule has 0 saturated heterocycles. The Morgan fingerprint density at radius 2 is 1.59 bits per heavy atom. The van der Waals surface area contributed by atoms with Crippen molar-refractivity contribution < 1.29 is 28.1 Å². The van der Waals surface area contributed by atoms with Gasteiger partial charge < -0.3 is 18.9 Å². The summed E-state index contributed by atoms with van der Waals surface area (Å²) in [5, 5.41) is 0. The molecule has 0 heterocycles. The molecule has 0 radical (unpaired) electrons. The quantitative estimate of drug-likeness (QED) is 0.264. The van der Waals surface area contributed by atoms with Gasteiger partial charge in [-0.15, -0.1) is 0 Å². The molecule has 0 aliphatic heterocycles. The van der Waals surface area contributed by atoms with E-state index < -0.39 is 0 Å². The Kier molecular flexibility index (Phi) is 11.6. The summed E-state index contributed by atoms with van der Waals surface area (Å²) in [6, 6.07) is 18.2. The van der Waals surface area contributed by atoms with Crippen molar-refractivity contribution in [1.82, 2.24) is 0 Å². The van der Waals surface area contributed by atoms with Crippen LogP contribution in [0.5, 0.6) is 11.5 Å². The van der Waals surface area contributed by atoms with Crippen LogP contribution in [0.4, 0.5) is 4.39 Å². The van der Waals surface area contributed by atoms with E-state index >= 15 is 0 Å². The van der Waals surface area contributed by atoms with Gasteiger partial charge in [0.2, 0.25) is 0 Å². The highest BCUT2D eigenvalue weighted by molar-refractivity contribution is 5.70. The summed E-state index contributed by atoms with van der Waals surface area (Å²) in [7, 11) is 2.95. The summed E-state index contributed by atoms with van der Waals surface area (Å²) in [5.41, 5.74) is 3.66. The Balaban J connectivity index is 0.00000235. The molecule has 0 unspecified atom stereocenters. The summed E-state index contributed by atoms with van der Waals surface area (Å²) < 4.78 is 36.8. The molecule has 0 aliphatic carbocycles. The predicted molar refractivity (Wildman–Crippen MR) is 145 cm³/mol. The van der Waals surface area contributed by atoms with Crippen LogP contribution in [-0.4, -0.2) is 25.8 Å². The highest BCUT2D eigenvalue weighted by Crippen LogP contribution is 2.32. The van der Waals surface area contributed by atoms with Crippen molar-refractivity contribution in [2.45, 2.75) is 66.3 Å². The molecule has 0 spiro atoms. The maximum absolute atomic E-state index is 14.7. The van der Waals surface area contributed by atoms with Crippen molar-refractivity contribution in [1.29, 1.82) is 0 Å². The third-order valence-electron chi connectivity index (χ3n) is 5.44. The number of halogens is 1. The smallest absolute Gasteiger partial charge is 0.305 e. The molecule has 0 N–H and O–H groups in total. The fourth-order valence-electron chi connectivity index (χ4n) is 3.56. The zero-order valence-corrected chi connectivity index (χ0v) is 23.0. The van der Waals surface area contributed by atoms with E-state index in [-0.39, 0.29) is 17.4 Å². The number of rotatable bonds is 10. The Morgan fingerprint density at radius 3 is 2.27 bits per heavy atom. The largest absolute Gasteiger partial charge is 0.497 e. The molecule has 37 heavy (non-hydrogen) atoms. The molecule has 3 aromatic carbocycles. The van der Waals surface area contributed by atoms with Crippen LogP contribution >= 0.6 is 0 Å². The Bertz CT molecular complexity index is 1150. The van der Waals surface area contributed by atoms with Gasteiger partial charge in [-0.1, -0.05) is 38.1 Å². The maximum Gasteiger partial charge on any atom is 0.305 e. The van der Waals surface area contributed by atoms with Crippen LogP contribution in [0.3, 0.4) is 0 Å². The van der Waals surface area contributed by atoms with Crippen LogP contribution in [-0.2, 0) is 33.9 Å². The zero-order chi connectivity index (χ0) is 27.4. The van der Waals surface area contributed by atoms with E-state index in [1.807, 2.05) is 77.1 Å². The van der Waals surface area contributed by atoms with Gasteiger partial charge in [-0.2, -0.15) is 0 Å². The molecule has 3 aromatic rings. The predicted octanol–water partition coefficient (Wildman–Crippen LogP) is 7.53. The molecule has 0 aromatic heterocycles. The minimum absolute atomic E-state index is 0.242. The number of esters is 1. The highest BCUT2D eigenvalue weighted by Gasteiger charge is 2.16. The van der Waals surface area contributed by atoms with Gasteiger partial charge in [0.05, 0.1) is 26.4 Å². The van der Waals surface area contributed by atoms with Crippen molar-refractivity contribution in [3.8, 4) is 22.6 Å². The first-order valence-corrected chi connectivity index (χ1v) is 12.6. The third kappa shape index (κ3) is 9.54. The van der Waals surface area contributed by atoms with Crippen LogP contribution in [0.1, 0.15) is 57.7 Å². The molecule has 0 bridgehead atoms. The highest BCUT2D eigenvalue weighted by atomic mass is 19.1. The van der Waals surface area contributed by atoms with E-state index in [0.29, 0.717) is 43.1 Å². The molecule has 3 rings (SSSR count). The zero-order valence-electron chi connectivity index (χ0n) is 23.0. The molecular weight excluding hydrogens is 471 g/mol. The second-order valence-electron chi connectivity index (χ2n) is 9.25. The van der Waals surface area contributed by atoms with Gasteiger partial charge in [0, 0.05) is 12.0 Å². The number of aryl methyl sites for hydroxylation is 1. The lowest BCUT2D eigenvalue weighted by Gasteiger charge is -2.21. The van der Waals surface area contributed by atoms with Gasteiger partial charge in [-0.25, -0.2) is 4.39 Å². The van der Waals surface area contributed by atoms with Crippen LogP contribution in [0, 0.1) is 5.82 Å². The van der Waals surface area contributed by atoms with Gasteiger partial charge in [0.1, 0.15) is 23.9 Å². The summed E-state index contributed by atoms with van der Waals surface area (Å²) in [6.45, 7) is 10.6. The van der Waals surface area contributed by atoms with Crippen LogP contribution in [0.15, 0.2) is 60.7 Å². The van der Waals surface area contributed by atoms with E-state index in [9.17, 15) is 9.18 Å². The summed E-state index contributed by atoms with van der Waals surface area (Å²) in [6.07, 6.45) is 0.901. The monoisotopic (exact) mass is 510 g/mol. The topological polar surface area (TPSA) is 54.0 Å². The summed E-state index contributed by atoms with van der Waals surface area (Å²) in [4.78, 5) is 11.4. The fourth-order valence-corrected chi connectivity index (χ4v) is 3.56. The first-order chi connectivity index (χ1) is 17.7. The first kappa shape index (κ1) is 29.8. The van der Waals surface area contributed by atoms with Crippen molar-refractivity contribution in [3.05, 3.63) is 83.2 Å². The van der Waals surface area contributed by atoms with Crippen LogP contribution < -0.4 is 9.47 Å². The molecule has 0 amide bonds. The molecule has 0 aliphatic rings. The van der Waals surface area contributed by atoms with Crippen molar-refractivity contribution in [2.75, 3.05) is 14.2 Å². The van der Waals surface area contributed by atoms with Gasteiger partial charge >= 0.3 is 5.97 Å². The van der Waals surface area contributed by atoms with Crippen LogP contribution in [0.2, 0.25) is 0 Å². The number of hydrogen-bond donors (Lipinski definition) is 0. The fraction of sp³-hybridized carbons (Fsp3) is 0.387. The Labute approximate surface area is 220 Å². The minimum atomic E-state index is -0.346. The lowest BCUT2D eigenvalue weighted by Crippen LogP contribution is -2.19. The Morgan fingerprint density at radius 1 is 0.838 bits per heavy atom. The standard InChI is InChI=1S/C29H33FO5.C2H6/c1-29(2,3)35-19-22-15-21(9-12-25(22)26-17-23(32-4)11-13-27(26)30)18-34-24-8-6-7-20(16-24)10-14-28(31)33-5;1-2/h6-9,11-13,15-17H,10,14,18-19H2,1-5H3;1-2H3. The lowest BCUT2D eigenvalue weighted by molar-refractivity contribution is -0.140. The second kappa shape index (κ2) is 14.4. The molecule has 5 nitrogen and oxygen atoms in total. The molecule has 0 saturated carbocycles. The van der Waals surface area contributed by atoms with E-state index in [1.54, 1.807) is 19.2 Å². The normalized spacial score (nSPS) is 10.8. The lowest BCUT2D eigenvalue weighted by atomic mass is 9.97. The Hall–Kier alpha value is -3.38. The van der Waals surface area contributed by atoms with E-state index in [2.05, 4.69) is 0 Å². The number of hydrogen-bond acceptors (Lipinski definition) is 5. The van der Waals surface area contributed by atoms with E-state index in [0.717, 1.165) is 22.3 Å². The van der Waals surface area contributed by atoms with Gasteiger partial charge in [0.25, 0.3) is 0 Å². The van der Waals surface area contributed by atoms with Gasteiger partial charge in [0.15, 0.2) is 0 Å². The van der Waals surface area contributed by atoms with E-state index in [4.69, 9.17) is 18.9 Å². The molecule has 0 fully saturated rings. The number of carbonyl (C=O) groups excluding carboxylic acids is 1. The maximum atomic E-state index is 14.7. The third-order valence-corrected chi connectivity index (χ3v) is 5.44. The van der Waals surface area contributed by atoms with Crippen molar-refractivity contribution in [2.24, 2.45) is 0 Å². The first-order valence-electron chi connectivity index (χ1n) is 12.6. The summed E-state index contributed by atoms with van der Waals surface area (Å²) in [5.74, 6) is 0.732. The number of methoxy groups -OCH3 is 2. The molecule has 0 atom stereocenters.